The number of anilines is 2. The molecule has 2 aliphatic rings. The van der Waals surface area contributed by atoms with E-state index in [-0.39, 0.29) is 5.91 Å². The largest absolute Gasteiger partial charge is 0.490 e. The lowest BCUT2D eigenvalue weighted by molar-refractivity contribution is 0.0949. The third kappa shape index (κ3) is 5.38. The van der Waals surface area contributed by atoms with E-state index in [2.05, 4.69) is 25.5 Å². The molecule has 3 aromatic rings. The molecule has 168 valence electrons. The Bertz CT molecular complexity index is 1170. The molecular formula is C26H27N5O2. The lowest BCUT2D eigenvalue weighted by Crippen LogP contribution is -2.33. The van der Waals surface area contributed by atoms with Crippen molar-refractivity contribution in [2.45, 2.75) is 12.8 Å². The topological polar surface area (TPSA) is 79.4 Å². The van der Waals surface area contributed by atoms with Crippen LogP contribution in [-0.4, -0.2) is 53.6 Å². The number of hydrogen-bond donors (Lipinski definition) is 2. The molecule has 0 aliphatic carbocycles. The minimum atomic E-state index is -0.0884. The predicted octanol–water partition coefficient (Wildman–Crippen LogP) is 4.12. The highest BCUT2D eigenvalue weighted by Crippen LogP contribution is 2.25. The number of rotatable bonds is 4. The minimum absolute atomic E-state index is 0.0884. The normalized spacial score (nSPS) is 16.2. The first-order valence-corrected chi connectivity index (χ1v) is 11.4. The van der Waals surface area contributed by atoms with Crippen LogP contribution in [0.1, 0.15) is 28.8 Å². The van der Waals surface area contributed by atoms with E-state index in [1.54, 1.807) is 6.20 Å². The summed E-state index contributed by atoms with van der Waals surface area (Å²) in [6, 6.07) is 15.4. The van der Waals surface area contributed by atoms with Crippen molar-refractivity contribution in [3.05, 3.63) is 71.9 Å². The zero-order valence-electron chi connectivity index (χ0n) is 18.5. The maximum atomic E-state index is 12.9. The Morgan fingerprint density at radius 3 is 2.94 bits per heavy atom. The smallest absolute Gasteiger partial charge is 0.251 e. The monoisotopic (exact) mass is 441 g/mol. The van der Waals surface area contributed by atoms with Gasteiger partial charge in [0, 0.05) is 36.1 Å². The van der Waals surface area contributed by atoms with Crippen LogP contribution in [0.5, 0.6) is 5.75 Å². The third-order valence-electron chi connectivity index (χ3n) is 5.83. The summed E-state index contributed by atoms with van der Waals surface area (Å²) in [6.45, 7) is 4.18. The van der Waals surface area contributed by atoms with Crippen LogP contribution in [0.4, 0.5) is 11.6 Å². The summed E-state index contributed by atoms with van der Waals surface area (Å²) in [4.78, 5) is 24.3. The van der Waals surface area contributed by atoms with Crippen molar-refractivity contribution in [2.24, 2.45) is 0 Å². The second-order valence-corrected chi connectivity index (χ2v) is 8.28. The van der Waals surface area contributed by atoms with Crippen molar-refractivity contribution >= 4 is 23.6 Å². The Kier molecular flexibility index (Phi) is 6.30. The highest BCUT2D eigenvalue weighted by Gasteiger charge is 2.13. The molecular weight excluding hydrogens is 414 g/mol. The lowest BCUT2D eigenvalue weighted by atomic mass is 10.1. The van der Waals surface area contributed by atoms with Crippen LogP contribution in [0.25, 0.3) is 17.3 Å². The van der Waals surface area contributed by atoms with Gasteiger partial charge in [-0.05, 0) is 74.0 Å². The van der Waals surface area contributed by atoms with Crippen molar-refractivity contribution in [3.63, 3.8) is 0 Å². The van der Waals surface area contributed by atoms with Gasteiger partial charge in [-0.15, -0.1) is 0 Å². The Morgan fingerprint density at radius 1 is 1.12 bits per heavy atom. The van der Waals surface area contributed by atoms with Gasteiger partial charge >= 0.3 is 0 Å². The van der Waals surface area contributed by atoms with Crippen molar-refractivity contribution in [1.29, 1.82) is 0 Å². The number of nitrogens with zero attached hydrogens (tertiary/aromatic N) is 3. The van der Waals surface area contributed by atoms with Crippen LogP contribution in [0, 0.1) is 0 Å². The van der Waals surface area contributed by atoms with Crippen LogP contribution in [0.2, 0.25) is 0 Å². The Morgan fingerprint density at radius 2 is 2.03 bits per heavy atom. The van der Waals surface area contributed by atoms with Crippen LogP contribution in [0.3, 0.4) is 0 Å². The van der Waals surface area contributed by atoms with Gasteiger partial charge < -0.3 is 20.3 Å². The molecule has 2 aromatic carbocycles. The van der Waals surface area contributed by atoms with E-state index in [0.29, 0.717) is 24.7 Å². The number of carbonyl (C=O) groups excluding carboxylic acids is 1. The number of benzene rings is 2. The van der Waals surface area contributed by atoms with Gasteiger partial charge in [0.15, 0.2) is 0 Å². The molecule has 7 nitrogen and oxygen atoms in total. The van der Waals surface area contributed by atoms with E-state index < -0.39 is 0 Å². The summed E-state index contributed by atoms with van der Waals surface area (Å²) >= 11 is 0. The second-order valence-electron chi connectivity index (χ2n) is 8.28. The van der Waals surface area contributed by atoms with Crippen LogP contribution < -0.4 is 15.4 Å². The van der Waals surface area contributed by atoms with Gasteiger partial charge in [-0.2, -0.15) is 0 Å². The molecule has 5 rings (SSSR count). The van der Waals surface area contributed by atoms with Crippen LogP contribution in [-0.2, 0) is 0 Å². The number of amides is 1. The number of fused-ring (bicyclic) bond motifs is 7. The number of ether oxygens (including phenoxy) is 1. The van der Waals surface area contributed by atoms with E-state index in [4.69, 9.17) is 4.74 Å². The first-order chi connectivity index (χ1) is 16.2. The Labute approximate surface area is 193 Å². The zero-order chi connectivity index (χ0) is 22.5. The third-order valence-corrected chi connectivity index (χ3v) is 5.83. The lowest BCUT2D eigenvalue weighted by Gasteiger charge is -2.15. The number of carbonyl (C=O) groups is 1. The molecule has 3 heterocycles. The molecule has 1 amide bonds. The van der Waals surface area contributed by atoms with Gasteiger partial charge in [-0.1, -0.05) is 18.2 Å². The maximum absolute atomic E-state index is 12.9. The molecule has 1 saturated heterocycles. The van der Waals surface area contributed by atoms with Crippen LogP contribution >= 0.6 is 0 Å². The van der Waals surface area contributed by atoms with Gasteiger partial charge in [0.1, 0.15) is 12.4 Å². The summed E-state index contributed by atoms with van der Waals surface area (Å²) in [5.74, 6) is 1.15. The first kappa shape index (κ1) is 21.2. The number of hydrogen-bond acceptors (Lipinski definition) is 6. The molecule has 0 radical (unpaired) electrons. The molecule has 33 heavy (non-hydrogen) atoms. The molecule has 1 fully saturated rings. The zero-order valence-corrected chi connectivity index (χ0v) is 18.5. The number of aromatic nitrogens is 2. The van der Waals surface area contributed by atoms with Crippen molar-refractivity contribution in [1.82, 2.24) is 20.2 Å². The van der Waals surface area contributed by atoms with Crippen molar-refractivity contribution in [3.8, 4) is 17.0 Å². The number of nitrogens with one attached hydrogen (secondary N) is 2. The summed E-state index contributed by atoms with van der Waals surface area (Å²) in [5, 5.41) is 6.32. The van der Waals surface area contributed by atoms with Crippen molar-refractivity contribution < 1.29 is 9.53 Å². The maximum Gasteiger partial charge on any atom is 0.251 e. The molecule has 0 spiro atoms. The van der Waals surface area contributed by atoms with E-state index in [0.717, 1.165) is 47.9 Å². The van der Waals surface area contributed by atoms with Crippen molar-refractivity contribution in [2.75, 3.05) is 38.1 Å². The quantitative estimate of drug-likeness (QED) is 0.634. The summed E-state index contributed by atoms with van der Waals surface area (Å²) in [7, 11) is 0. The van der Waals surface area contributed by atoms with Gasteiger partial charge in [0.25, 0.3) is 5.91 Å². The molecule has 1 aromatic heterocycles. The molecule has 6 bridgehead atoms. The Hall–Kier alpha value is -3.71. The minimum Gasteiger partial charge on any atom is -0.490 e. The van der Waals surface area contributed by atoms with Gasteiger partial charge in [0.2, 0.25) is 5.95 Å². The number of likely N-dealkylation sites (tertiary alicyclic amines) is 1. The molecule has 0 saturated carbocycles. The second kappa shape index (κ2) is 9.83. The fraction of sp³-hybridized carbons (Fsp3) is 0.269. The average Bonchev–Trinajstić information content (AvgIpc) is 3.35. The standard InChI is InChI=1S/C26H27N5O2/c32-25(27-10-13-31-11-1-2-12-31)21-15-19-5-4-14-33-23-7-3-6-20(18-23)24-8-9-28-26(30-24)29-22(16-19)17-21/h3-9,15-18H,1-2,10-14H2,(H,27,32)(H,28,29,30)/b5-4+. The van der Waals surface area contributed by atoms with E-state index in [1.807, 2.05) is 60.7 Å². The van der Waals surface area contributed by atoms with E-state index in [1.165, 1.54) is 12.8 Å². The Balaban J connectivity index is 1.40. The fourth-order valence-electron chi connectivity index (χ4n) is 4.17. The van der Waals surface area contributed by atoms with Gasteiger partial charge in [-0.3, -0.25) is 4.79 Å². The van der Waals surface area contributed by atoms with Gasteiger partial charge in [0.05, 0.1) is 5.69 Å². The highest BCUT2D eigenvalue weighted by molar-refractivity contribution is 5.96. The highest BCUT2D eigenvalue weighted by atomic mass is 16.5. The summed E-state index contributed by atoms with van der Waals surface area (Å²) < 4.78 is 5.88. The SMILES string of the molecule is O=C(NCCN1CCCC1)c1cc2cc(c1)Nc1nccc(n1)-c1cccc(c1)OC/C=C/2. The molecule has 2 N–H and O–H groups in total. The molecule has 0 unspecified atom stereocenters. The molecule has 7 heteroatoms. The first-order valence-electron chi connectivity index (χ1n) is 11.4. The van der Waals surface area contributed by atoms with E-state index in [9.17, 15) is 4.79 Å². The fourth-order valence-corrected chi connectivity index (χ4v) is 4.17. The molecule has 0 atom stereocenters. The van der Waals surface area contributed by atoms with E-state index >= 15 is 0 Å². The average molecular weight is 442 g/mol. The summed E-state index contributed by atoms with van der Waals surface area (Å²) in [5.41, 5.74) is 3.99. The van der Waals surface area contributed by atoms with Gasteiger partial charge in [-0.25, -0.2) is 9.97 Å². The summed E-state index contributed by atoms with van der Waals surface area (Å²) in [6.07, 6.45) is 8.12. The predicted molar refractivity (Wildman–Crippen MR) is 130 cm³/mol. The van der Waals surface area contributed by atoms with Crippen LogP contribution in [0.15, 0.2) is 60.8 Å². The molecule has 2 aliphatic heterocycles.